The van der Waals surface area contributed by atoms with E-state index >= 15 is 0 Å². The number of aliphatic hydroxyl groups is 1. The zero-order valence-corrected chi connectivity index (χ0v) is 22.5. The summed E-state index contributed by atoms with van der Waals surface area (Å²) in [5.41, 5.74) is 4.26. The summed E-state index contributed by atoms with van der Waals surface area (Å²) in [7, 11) is 0. The number of fused-ring (bicyclic) bond motifs is 1. The summed E-state index contributed by atoms with van der Waals surface area (Å²) < 4.78 is 11.0. The van der Waals surface area contributed by atoms with E-state index in [0.29, 0.717) is 35.4 Å². The van der Waals surface area contributed by atoms with Crippen LogP contribution in [0.2, 0.25) is 0 Å². The number of aromatic nitrogens is 2. The Bertz CT molecular complexity index is 1340. The summed E-state index contributed by atoms with van der Waals surface area (Å²) in [6.45, 7) is 5.78. The van der Waals surface area contributed by atoms with Gasteiger partial charge in [0, 0.05) is 31.3 Å². The molecule has 200 valence electrons. The molecule has 38 heavy (non-hydrogen) atoms. The summed E-state index contributed by atoms with van der Waals surface area (Å²) in [5.74, 6) is 0.288. The van der Waals surface area contributed by atoms with Crippen LogP contribution in [0.3, 0.4) is 0 Å². The minimum Gasteiger partial charge on any atom is -0.444 e. The fourth-order valence-electron chi connectivity index (χ4n) is 4.15. The van der Waals surface area contributed by atoms with E-state index in [4.69, 9.17) is 9.15 Å². The monoisotopic (exact) mass is 536 g/mol. The van der Waals surface area contributed by atoms with Crippen LogP contribution in [0.1, 0.15) is 47.0 Å². The van der Waals surface area contributed by atoms with Crippen LogP contribution in [0.4, 0.5) is 4.79 Å². The molecule has 0 bridgehead atoms. The molecule has 10 heteroatoms. The van der Waals surface area contributed by atoms with Gasteiger partial charge in [-0.3, -0.25) is 9.78 Å². The van der Waals surface area contributed by atoms with Crippen LogP contribution in [0.5, 0.6) is 0 Å². The molecule has 0 saturated carbocycles. The van der Waals surface area contributed by atoms with E-state index in [9.17, 15) is 14.7 Å². The standard InChI is InChI=1S/C28H32N4O5S/c1-4-18(2)32(27(34)21-10-11-23-26(13-21)37-19(3)30-23)15-25(33)24(12-20-8-6-5-7-9-20)31-28(35)36-16-22-14-29-17-38-22/h5-11,13-14,17-18,24-25,33H,4,12,15-16H2,1-3H3,(H,31,35)/t18?,24-,25?/m0/s1. The molecule has 0 spiro atoms. The third-order valence-corrected chi connectivity index (χ3v) is 7.16. The Morgan fingerprint density at radius 3 is 2.71 bits per heavy atom. The lowest BCUT2D eigenvalue weighted by atomic mass is 10.00. The van der Waals surface area contributed by atoms with Crippen molar-refractivity contribution in [3.05, 3.63) is 82.1 Å². The van der Waals surface area contributed by atoms with Crippen molar-refractivity contribution in [2.45, 2.75) is 58.4 Å². The highest BCUT2D eigenvalue weighted by atomic mass is 32.1. The molecule has 0 saturated heterocycles. The summed E-state index contributed by atoms with van der Waals surface area (Å²) in [6, 6.07) is 13.9. The van der Waals surface area contributed by atoms with Crippen molar-refractivity contribution in [2.75, 3.05) is 6.54 Å². The van der Waals surface area contributed by atoms with Crippen LogP contribution >= 0.6 is 11.3 Å². The predicted octanol–water partition coefficient (Wildman–Crippen LogP) is 4.73. The Morgan fingerprint density at radius 1 is 1.21 bits per heavy atom. The van der Waals surface area contributed by atoms with E-state index in [1.165, 1.54) is 11.3 Å². The number of amides is 2. The van der Waals surface area contributed by atoms with E-state index in [1.807, 2.05) is 44.2 Å². The van der Waals surface area contributed by atoms with Gasteiger partial charge in [-0.1, -0.05) is 37.3 Å². The Labute approximate surface area is 225 Å². The molecule has 2 aromatic heterocycles. The number of alkyl carbamates (subject to hydrolysis) is 1. The van der Waals surface area contributed by atoms with Gasteiger partial charge in [0.2, 0.25) is 0 Å². The molecule has 2 heterocycles. The molecule has 0 aliphatic heterocycles. The van der Waals surface area contributed by atoms with Gasteiger partial charge in [-0.25, -0.2) is 9.78 Å². The highest BCUT2D eigenvalue weighted by Crippen LogP contribution is 2.20. The maximum Gasteiger partial charge on any atom is 0.407 e. The largest absolute Gasteiger partial charge is 0.444 e. The second-order valence-electron chi connectivity index (χ2n) is 9.18. The fraction of sp³-hybridized carbons (Fsp3) is 0.357. The smallest absolute Gasteiger partial charge is 0.407 e. The number of aliphatic hydroxyl groups excluding tert-OH is 1. The average molecular weight is 537 g/mol. The van der Waals surface area contributed by atoms with E-state index in [1.54, 1.807) is 41.7 Å². The van der Waals surface area contributed by atoms with Gasteiger partial charge in [0.05, 0.1) is 22.5 Å². The van der Waals surface area contributed by atoms with Gasteiger partial charge in [0.25, 0.3) is 5.91 Å². The van der Waals surface area contributed by atoms with Gasteiger partial charge in [-0.2, -0.15) is 0 Å². The lowest BCUT2D eigenvalue weighted by Crippen LogP contribution is -2.52. The maximum atomic E-state index is 13.6. The third kappa shape index (κ3) is 6.96. The van der Waals surface area contributed by atoms with Crippen molar-refractivity contribution < 1.29 is 23.8 Å². The first-order valence-electron chi connectivity index (χ1n) is 12.5. The molecule has 0 aliphatic carbocycles. The Hall–Kier alpha value is -3.76. The molecule has 3 atom stereocenters. The van der Waals surface area contributed by atoms with Gasteiger partial charge >= 0.3 is 6.09 Å². The van der Waals surface area contributed by atoms with Crippen molar-refractivity contribution >= 4 is 34.4 Å². The summed E-state index contributed by atoms with van der Waals surface area (Å²) in [6.07, 6.45) is 0.993. The van der Waals surface area contributed by atoms with Gasteiger partial charge < -0.3 is 24.5 Å². The maximum absolute atomic E-state index is 13.6. The van der Waals surface area contributed by atoms with E-state index in [2.05, 4.69) is 15.3 Å². The second kappa shape index (κ2) is 12.7. The first kappa shape index (κ1) is 27.3. The number of hydrogen-bond donors (Lipinski definition) is 2. The number of nitrogens with zero attached hydrogens (tertiary/aromatic N) is 3. The number of thiazole rings is 1. The molecule has 2 aromatic carbocycles. The molecule has 4 rings (SSSR count). The molecule has 0 fully saturated rings. The van der Waals surface area contributed by atoms with Gasteiger partial charge in [-0.05, 0) is 43.5 Å². The Kier molecular flexibility index (Phi) is 9.09. The SMILES string of the molecule is CCC(C)N(CC(O)[C@H](Cc1ccccc1)NC(=O)OCc1cncs1)C(=O)c1ccc2nc(C)oc2c1. The van der Waals surface area contributed by atoms with E-state index in [-0.39, 0.29) is 25.1 Å². The molecule has 0 radical (unpaired) electrons. The fourth-order valence-corrected chi connectivity index (χ4v) is 4.65. The number of hydrogen-bond acceptors (Lipinski definition) is 8. The topological polar surface area (TPSA) is 118 Å². The summed E-state index contributed by atoms with van der Waals surface area (Å²) >= 11 is 1.39. The number of carbonyl (C=O) groups is 2. The Morgan fingerprint density at radius 2 is 2.00 bits per heavy atom. The van der Waals surface area contributed by atoms with Crippen molar-refractivity contribution in [3.63, 3.8) is 0 Å². The van der Waals surface area contributed by atoms with Gasteiger partial charge in [0.15, 0.2) is 11.5 Å². The van der Waals surface area contributed by atoms with Crippen LogP contribution in [0.25, 0.3) is 11.1 Å². The van der Waals surface area contributed by atoms with Crippen LogP contribution in [0.15, 0.2) is 64.7 Å². The second-order valence-corrected chi connectivity index (χ2v) is 10.2. The normalized spacial score (nSPS) is 13.6. The first-order chi connectivity index (χ1) is 18.3. The highest BCUT2D eigenvalue weighted by Gasteiger charge is 2.29. The average Bonchev–Trinajstić information content (AvgIpc) is 3.58. The third-order valence-electron chi connectivity index (χ3n) is 6.40. The van der Waals surface area contributed by atoms with Crippen LogP contribution < -0.4 is 5.32 Å². The number of aryl methyl sites for hydroxylation is 1. The quantitative estimate of drug-likeness (QED) is 0.284. The molecule has 4 aromatic rings. The molecular formula is C28H32N4O5S. The molecule has 2 N–H and O–H groups in total. The van der Waals surface area contributed by atoms with E-state index < -0.39 is 18.2 Å². The zero-order chi connectivity index (χ0) is 27.1. The van der Waals surface area contributed by atoms with Gasteiger partial charge in [0.1, 0.15) is 12.1 Å². The van der Waals surface area contributed by atoms with Gasteiger partial charge in [-0.15, -0.1) is 11.3 Å². The molecule has 9 nitrogen and oxygen atoms in total. The predicted molar refractivity (Wildman–Crippen MR) is 145 cm³/mol. The molecule has 2 unspecified atom stereocenters. The number of oxazole rings is 1. The zero-order valence-electron chi connectivity index (χ0n) is 21.7. The van der Waals surface area contributed by atoms with Crippen molar-refractivity contribution in [2.24, 2.45) is 0 Å². The Balaban J connectivity index is 1.51. The number of ether oxygens (including phenoxy) is 1. The number of rotatable bonds is 11. The highest BCUT2D eigenvalue weighted by molar-refractivity contribution is 7.09. The molecular weight excluding hydrogens is 504 g/mol. The van der Waals surface area contributed by atoms with Crippen LogP contribution in [0, 0.1) is 6.92 Å². The lowest BCUT2D eigenvalue weighted by Gasteiger charge is -2.33. The summed E-state index contributed by atoms with van der Waals surface area (Å²) in [4.78, 5) is 37.0. The number of carbonyl (C=O) groups excluding carboxylic acids is 2. The van der Waals surface area contributed by atoms with Crippen molar-refractivity contribution in [3.8, 4) is 0 Å². The minimum absolute atomic E-state index is 0.0218. The summed E-state index contributed by atoms with van der Waals surface area (Å²) in [5, 5.41) is 14.2. The first-order valence-corrected chi connectivity index (χ1v) is 13.4. The molecule has 2 amide bonds. The lowest BCUT2D eigenvalue weighted by molar-refractivity contribution is 0.0424. The molecule has 0 aliphatic rings. The minimum atomic E-state index is -1.06. The van der Waals surface area contributed by atoms with Crippen molar-refractivity contribution in [1.29, 1.82) is 0 Å². The van der Waals surface area contributed by atoms with E-state index in [0.717, 1.165) is 10.4 Å². The number of nitrogens with one attached hydrogen (secondary N) is 1. The number of benzene rings is 2. The van der Waals surface area contributed by atoms with Crippen LogP contribution in [-0.4, -0.2) is 56.7 Å². The van der Waals surface area contributed by atoms with Crippen LogP contribution in [-0.2, 0) is 17.8 Å². The van der Waals surface area contributed by atoms with Crippen molar-refractivity contribution in [1.82, 2.24) is 20.2 Å².